The van der Waals surface area contributed by atoms with E-state index < -0.39 is 18.2 Å². The number of hydrogen-bond acceptors (Lipinski definition) is 11. The summed E-state index contributed by atoms with van der Waals surface area (Å²) in [7, 11) is 7.77. The number of carbonyl (C=O) groups is 3. The molecule has 0 bridgehead atoms. The number of unbranched alkanes of at least 4 members (excludes halogenated alkanes) is 2. The average Bonchev–Trinajstić information content (AvgIpc) is 3.21. The predicted octanol–water partition coefficient (Wildman–Crippen LogP) is 5.09. The lowest BCUT2D eigenvalue weighted by atomic mass is 9.89. The Hall–Kier alpha value is -6.74. The van der Waals surface area contributed by atoms with Gasteiger partial charge in [-0.3, -0.25) is 4.79 Å². The van der Waals surface area contributed by atoms with Crippen LogP contribution in [0.15, 0.2) is 83.3 Å². The highest BCUT2D eigenvalue weighted by Crippen LogP contribution is 2.42. The summed E-state index contributed by atoms with van der Waals surface area (Å²) in [5.41, 5.74) is 11.1. The SMILES string of the molecule is CC(OC(=O)NCCCCCNC(=O)c1ccc(-c2c3ccc(=[N+](C)C)cc-3oc3cc(N(C)C)ccc23)c(C(=O)O)c1)c1nnc(-c2ccc(CN)cc2)nn1. The molecular formula is C42H46N9O6+. The van der Waals surface area contributed by atoms with E-state index in [-0.39, 0.29) is 22.9 Å². The third-order valence-corrected chi connectivity index (χ3v) is 9.50. The van der Waals surface area contributed by atoms with Crippen LogP contribution in [0.5, 0.6) is 0 Å². The van der Waals surface area contributed by atoms with Crippen LogP contribution in [0, 0.1) is 0 Å². The van der Waals surface area contributed by atoms with E-state index in [9.17, 15) is 19.5 Å². The molecule has 2 amide bonds. The summed E-state index contributed by atoms with van der Waals surface area (Å²) in [6, 6.07) is 23.8. The zero-order valence-corrected chi connectivity index (χ0v) is 32.6. The maximum atomic E-state index is 13.2. The minimum absolute atomic E-state index is 0.00194. The van der Waals surface area contributed by atoms with Gasteiger partial charge >= 0.3 is 12.1 Å². The summed E-state index contributed by atoms with van der Waals surface area (Å²) < 4.78 is 13.7. The number of alkyl carbamates (subject to hydrolysis) is 1. The Morgan fingerprint density at radius 2 is 1.56 bits per heavy atom. The van der Waals surface area contributed by atoms with Crippen molar-refractivity contribution in [3.05, 3.63) is 107 Å². The number of hydrogen-bond donors (Lipinski definition) is 4. The fourth-order valence-electron chi connectivity index (χ4n) is 6.28. The number of rotatable bonds is 14. The number of carboxylic acid groups (broad SMARTS) is 1. The molecule has 1 aromatic heterocycles. The molecule has 0 spiro atoms. The van der Waals surface area contributed by atoms with Gasteiger partial charge in [0, 0.05) is 79.2 Å². The van der Waals surface area contributed by atoms with Crippen LogP contribution in [0.3, 0.4) is 0 Å². The van der Waals surface area contributed by atoms with Crippen molar-refractivity contribution in [1.29, 1.82) is 0 Å². The number of anilines is 1. The molecule has 1 atom stereocenters. The highest BCUT2D eigenvalue weighted by molar-refractivity contribution is 6.09. The van der Waals surface area contributed by atoms with Gasteiger partial charge in [-0.1, -0.05) is 30.3 Å². The zero-order valence-electron chi connectivity index (χ0n) is 32.6. The van der Waals surface area contributed by atoms with Gasteiger partial charge in [-0.25, -0.2) is 14.2 Å². The average molecular weight is 773 g/mol. The summed E-state index contributed by atoms with van der Waals surface area (Å²) in [5.74, 6) is -0.410. The number of carboxylic acids is 1. The van der Waals surface area contributed by atoms with Gasteiger partial charge in [-0.05, 0) is 67.6 Å². The summed E-state index contributed by atoms with van der Waals surface area (Å²) in [4.78, 5) is 40.2. The molecule has 57 heavy (non-hydrogen) atoms. The van der Waals surface area contributed by atoms with E-state index in [2.05, 4.69) is 31.0 Å². The van der Waals surface area contributed by atoms with Crippen molar-refractivity contribution in [1.82, 2.24) is 35.6 Å². The Kier molecular flexibility index (Phi) is 12.5. The fourth-order valence-corrected chi connectivity index (χ4v) is 6.28. The first-order valence-corrected chi connectivity index (χ1v) is 18.6. The number of aromatic carboxylic acids is 1. The first-order valence-electron chi connectivity index (χ1n) is 18.6. The largest absolute Gasteiger partial charge is 0.478 e. The first-order chi connectivity index (χ1) is 27.4. The van der Waals surface area contributed by atoms with Crippen molar-refractivity contribution >= 4 is 34.6 Å². The molecule has 1 aliphatic heterocycles. The van der Waals surface area contributed by atoms with E-state index in [1.807, 2.05) is 98.3 Å². The molecule has 6 rings (SSSR count). The molecule has 4 aromatic rings. The maximum absolute atomic E-state index is 13.2. The Morgan fingerprint density at radius 1 is 0.860 bits per heavy atom. The van der Waals surface area contributed by atoms with Crippen LogP contribution in [-0.2, 0) is 11.3 Å². The number of fused-ring (bicyclic) bond motifs is 2. The number of carbonyl (C=O) groups excluding carboxylic acids is 2. The lowest BCUT2D eigenvalue weighted by Gasteiger charge is -2.19. The van der Waals surface area contributed by atoms with Gasteiger partial charge in [0.05, 0.1) is 11.6 Å². The van der Waals surface area contributed by atoms with Crippen molar-refractivity contribution < 1.29 is 28.6 Å². The molecule has 0 saturated carbocycles. The van der Waals surface area contributed by atoms with Crippen LogP contribution < -0.4 is 31.2 Å². The van der Waals surface area contributed by atoms with Crippen molar-refractivity contribution in [2.24, 2.45) is 5.73 Å². The summed E-state index contributed by atoms with van der Waals surface area (Å²) >= 11 is 0. The standard InChI is InChI=1S/C42H45N9O6/c1-25(38-46-48-39(49-47-38)27-11-9-26(24-43)10-12-27)56-42(55)45-20-8-6-7-19-44-40(52)28-13-16-31(34(21-28)41(53)54)37-32-17-14-29(50(2)3)22-35(32)57-36-23-30(51(4)5)15-18-33(36)37/h9-18,21-23,25H,6-8,19-20,24,43H2,1-5H3,(H2-,44,45,52,53,54,55)/p+1. The van der Waals surface area contributed by atoms with Gasteiger partial charge in [-0.2, -0.15) is 0 Å². The van der Waals surface area contributed by atoms with E-state index in [0.29, 0.717) is 67.2 Å². The molecule has 1 unspecified atom stereocenters. The zero-order chi connectivity index (χ0) is 40.6. The van der Waals surface area contributed by atoms with Crippen LogP contribution in [0.25, 0.3) is 44.8 Å². The van der Waals surface area contributed by atoms with E-state index in [4.69, 9.17) is 14.9 Å². The minimum Gasteiger partial charge on any atom is -0.478 e. The highest BCUT2D eigenvalue weighted by Gasteiger charge is 2.24. The number of nitrogens with two attached hydrogens (primary N) is 1. The minimum atomic E-state index is -1.15. The van der Waals surface area contributed by atoms with Crippen LogP contribution in [0.4, 0.5) is 10.5 Å². The second-order valence-corrected chi connectivity index (χ2v) is 14.0. The molecule has 15 nitrogen and oxygen atoms in total. The van der Waals surface area contributed by atoms with Crippen molar-refractivity contribution in [3.63, 3.8) is 0 Å². The number of aromatic nitrogens is 4. The maximum Gasteiger partial charge on any atom is 0.407 e. The molecule has 15 heteroatoms. The molecular weight excluding hydrogens is 727 g/mol. The van der Waals surface area contributed by atoms with Crippen molar-refractivity contribution in [2.75, 3.05) is 46.2 Å². The molecule has 2 heterocycles. The van der Waals surface area contributed by atoms with Crippen molar-refractivity contribution in [3.8, 4) is 33.8 Å². The van der Waals surface area contributed by atoms with Crippen LogP contribution in [-0.4, -0.2) is 84.8 Å². The first kappa shape index (κ1) is 39.9. The number of ether oxygens (including phenoxy) is 1. The topological polar surface area (TPSA) is 202 Å². The van der Waals surface area contributed by atoms with Gasteiger partial charge in [-0.15, -0.1) is 20.4 Å². The lowest BCUT2D eigenvalue weighted by molar-refractivity contribution is 0.0697. The van der Waals surface area contributed by atoms with E-state index in [0.717, 1.165) is 33.1 Å². The lowest BCUT2D eigenvalue weighted by Crippen LogP contribution is -2.27. The van der Waals surface area contributed by atoms with Gasteiger partial charge in [0.2, 0.25) is 17.0 Å². The van der Waals surface area contributed by atoms with Gasteiger partial charge in [0.1, 0.15) is 25.4 Å². The molecule has 0 radical (unpaired) electrons. The van der Waals surface area contributed by atoms with Gasteiger partial charge < -0.3 is 35.5 Å². The highest BCUT2D eigenvalue weighted by atomic mass is 16.6. The summed E-state index contributed by atoms with van der Waals surface area (Å²) in [6.07, 6.45) is 0.612. The molecule has 0 fully saturated rings. The molecule has 3 aromatic carbocycles. The molecule has 2 aliphatic rings. The number of benzene rings is 4. The third kappa shape index (κ3) is 9.39. The Balaban J connectivity index is 1.03. The smallest absolute Gasteiger partial charge is 0.407 e. The van der Waals surface area contributed by atoms with E-state index in [1.165, 1.54) is 6.07 Å². The van der Waals surface area contributed by atoms with Crippen LogP contribution in [0.2, 0.25) is 0 Å². The number of nitrogens with zero attached hydrogens (tertiary/aromatic N) is 6. The quantitative estimate of drug-likeness (QED) is 0.0650. The monoisotopic (exact) mass is 772 g/mol. The molecule has 294 valence electrons. The fraction of sp³-hybridized carbons (Fsp3) is 0.286. The Labute approximate surface area is 329 Å². The Bertz CT molecular complexity index is 2440. The second-order valence-electron chi connectivity index (χ2n) is 14.0. The van der Waals surface area contributed by atoms with Gasteiger partial charge in [0.15, 0.2) is 6.10 Å². The number of nitrogens with one attached hydrogen (secondary N) is 2. The van der Waals surface area contributed by atoms with Gasteiger partial charge in [0.25, 0.3) is 5.91 Å². The molecule has 1 aliphatic carbocycles. The predicted molar refractivity (Wildman–Crippen MR) is 217 cm³/mol. The summed E-state index contributed by atoms with van der Waals surface area (Å²) in [6.45, 7) is 2.79. The Morgan fingerprint density at radius 3 is 2.23 bits per heavy atom. The molecule has 5 N–H and O–H groups in total. The normalized spacial score (nSPS) is 11.6. The van der Waals surface area contributed by atoms with Crippen LogP contribution >= 0.6 is 0 Å². The van der Waals surface area contributed by atoms with E-state index in [1.54, 1.807) is 19.1 Å². The van der Waals surface area contributed by atoms with Crippen LogP contribution in [0.1, 0.15) is 64.4 Å². The van der Waals surface area contributed by atoms with E-state index >= 15 is 0 Å². The second kappa shape index (κ2) is 17.8. The number of amides is 2. The molecule has 0 saturated heterocycles. The van der Waals surface area contributed by atoms with Crippen molar-refractivity contribution in [2.45, 2.75) is 38.8 Å². The third-order valence-electron chi connectivity index (χ3n) is 9.50. The summed E-state index contributed by atoms with van der Waals surface area (Å²) in [5, 5.41) is 34.0.